The van der Waals surface area contributed by atoms with E-state index in [9.17, 15) is 13.6 Å². The molecular formula is C18H13F2N3O3. The molecule has 0 fully saturated rings. The quantitative estimate of drug-likeness (QED) is 0.775. The van der Waals surface area contributed by atoms with Gasteiger partial charge in [-0.3, -0.25) is 4.79 Å². The van der Waals surface area contributed by atoms with Crippen LogP contribution in [0.5, 0.6) is 11.5 Å². The maximum Gasteiger partial charge on any atom is 0.586 e. The second-order valence-electron chi connectivity index (χ2n) is 5.70. The molecule has 0 unspecified atom stereocenters. The van der Waals surface area contributed by atoms with E-state index in [1.165, 1.54) is 18.2 Å². The summed E-state index contributed by atoms with van der Waals surface area (Å²) in [4.78, 5) is 12.4. The lowest BCUT2D eigenvalue weighted by atomic mass is 10.2. The molecule has 8 heteroatoms. The van der Waals surface area contributed by atoms with Crippen LogP contribution in [-0.4, -0.2) is 22.0 Å². The number of ether oxygens (including phenoxy) is 2. The maximum atomic E-state index is 13.1. The van der Waals surface area contributed by atoms with Crippen molar-refractivity contribution in [1.29, 1.82) is 0 Å². The molecule has 0 saturated heterocycles. The van der Waals surface area contributed by atoms with Crippen LogP contribution >= 0.6 is 0 Å². The van der Waals surface area contributed by atoms with Crippen LogP contribution in [0.3, 0.4) is 0 Å². The molecule has 6 nitrogen and oxygen atoms in total. The molecule has 1 aromatic heterocycles. The van der Waals surface area contributed by atoms with Gasteiger partial charge in [0.1, 0.15) is 0 Å². The van der Waals surface area contributed by atoms with Gasteiger partial charge in [-0.05, 0) is 37.3 Å². The lowest BCUT2D eigenvalue weighted by Crippen LogP contribution is -2.25. The number of nitrogens with zero attached hydrogens (tertiary/aromatic N) is 2. The number of carbonyl (C=O) groups is 1. The first-order valence-electron chi connectivity index (χ1n) is 7.75. The van der Waals surface area contributed by atoms with Crippen molar-refractivity contribution in [2.45, 2.75) is 13.2 Å². The highest BCUT2D eigenvalue weighted by Gasteiger charge is 2.43. The Kier molecular flexibility index (Phi) is 3.61. The van der Waals surface area contributed by atoms with Crippen LogP contribution in [0.2, 0.25) is 0 Å². The summed E-state index contributed by atoms with van der Waals surface area (Å²) in [7, 11) is 0. The van der Waals surface area contributed by atoms with Crippen molar-refractivity contribution in [1.82, 2.24) is 9.78 Å². The van der Waals surface area contributed by atoms with E-state index in [1.807, 2.05) is 37.3 Å². The minimum Gasteiger partial charge on any atom is -0.395 e. The summed E-state index contributed by atoms with van der Waals surface area (Å²) < 4.78 is 36.5. The van der Waals surface area contributed by atoms with Crippen LogP contribution in [0.15, 0.2) is 54.6 Å². The van der Waals surface area contributed by atoms with E-state index < -0.39 is 12.2 Å². The molecule has 0 radical (unpaired) electrons. The van der Waals surface area contributed by atoms with Gasteiger partial charge in [-0.15, -0.1) is 8.78 Å². The molecule has 132 valence electrons. The Hall–Kier alpha value is -3.42. The molecule has 0 saturated carbocycles. The highest BCUT2D eigenvalue weighted by molar-refractivity contribution is 6.03. The maximum absolute atomic E-state index is 13.1. The molecule has 3 aromatic rings. The number of alkyl halides is 2. The first-order chi connectivity index (χ1) is 12.4. The normalized spacial score (nSPS) is 14.3. The van der Waals surface area contributed by atoms with Crippen molar-refractivity contribution in [2.75, 3.05) is 5.32 Å². The zero-order valence-electron chi connectivity index (χ0n) is 13.6. The predicted molar refractivity (Wildman–Crippen MR) is 88.9 cm³/mol. The summed E-state index contributed by atoms with van der Waals surface area (Å²) in [6.45, 7) is 1.83. The fourth-order valence-corrected chi connectivity index (χ4v) is 2.64. The minimum absolute atomic E-state index is 0.0859. The van der Waals surface area contributed by atoms with Crippen LogP contribution in [0.1, 0.15) is 16.2 Å². The Bertz CT molecular complexity index is 987. The molecule has 0 spiro atoms. The molecule has 2 aromatic carbocycles. The molecule has 0 atom stereocenters. The topological polar surface area (TPSA) is 65.4 Å². The second kappa shape index (κ2) is 5.83. The summed E-state index contributed by atoms with van der Waals surface area (Å²) in [5.41, 5.74) is 2.11. The number of anilines is 1. The van der Waals surface area contributed by atoms with Gasteiger partial charge in [0.25, 0.3) is 5.91 Å². The summed E-state index contributed by atoms with van der Waals surface area (Å²) in [6.07, 6.45) is -3.70. The van der Waals surface area contributed by atoms with Gasteiger partial charge in [0.2, 0.25) is 0 Å². The van der Waals surface area contributed by atoms with Gasteiger partial charge >= 0.3 is 6.29 Å². The Morgan fingerprint density at radius 1 is 1.08 bits per heavy atom. The number of halogens is 2. The average Bonchev–Trinajstić information content (AvgIpc) is 3.13. The number of benzene rings is 2. The largest absolute Gasteiger partial charge is 0.586 e. The first kappa shape index (κ1) is 16.1. The second-order valence-corrected chi connectivity index (χ2v) is 5.70. The van der Waals surface area contributed by atoms with Crippen molar-refractivity contribution in [3.63, 3.8) is 0 Å². The summed E-state index contributed by atoms with van der Waals surface area (Å²) in [5.74, 6) is -0.690. The van der Waals surface area contributed by atoms with E-state index in [-0.39, 0.29) is 17.2 Å². The van der Waals surface area contributed by atoms with E-state index in [0.717, 1.165) is 11.4 Å². The van der Waals surface area contributed by atoms with Gasteiger partial charge in [0.05, 0.1) is 5.69 Å². The number of fused-ring (bicyclic) bond motifs is 1. The van der Waals surface area contributed by atoms with Crippen molar-refractivity contribution in [3.05, 3.63) is 66.0 Å². The molecule has 26 heavy (non-hydrogen) atoms. The number of amides is 1. The van der Waals surface area contributed by atoms with Crippen LogP contribution in [0.4, 0.5) is 14.5 Å². The predicted octanol–water partition coefficient (Wildman–Crippen LogP) is 3.75. The lowest BCUT2D eigenvalue weighted by Gasteiger charge is -2.05. The van der Waals surface area contributed by atoms with Gasteiger partial charge in [0.15, 0.2) is 17.2 Å². The number of hydrogen-bond donors (Lipinski definition) is 1. The number of carbonyl (C=O) groups excluding carboxylic acids is 1. The first-order valence-corrected chi connectivity index (χ1v) is 7.75. The van der Waals surface area contributed by atoms with E-state index in [1.54, 1.807) is 10.7 Å². The molecule has 1 amide bonds. The lowest BCUT2D eigenvalue weighted by molar-refractivity contribution is -0.286. The molecule has 0 aliphatic carbocycles. The average molecular weight is 357 g/mol. The molecule has 1 aliphatic heterocycles. The summed E-state index contributed by atoms with van der Waals surface area (Å²) in [6, 6.07) is 15.1. The van der Waals surface area contributed by atoms with Crippen LogP contribution in [-0.2, 0) is 0 Å². The monoisotopic (exact) mass is 357 g/mol. The molecule has 1 N–H and O–H groups in total. The zero-order valence-corrected chi connectivity index (χ0v) is 13.6. The minimum atomic E-state index is -3.70. The highest BCUT2D eigenvalue weighted by Crippen LogP contribution is 2.42. The molecule has 2 heterocycles. The van der Waals surface area contributed by atoms with Crippen LogP contribution in [0, 0.1) is 6.92 Å². The van der Waals surface area contributed by atoms with Gasteiger partial charge in [0, 0.05) is 17.4 Å². The van der Waals surface area contributed by atoms with Gasteiger partial charge in [-0.2, -0.15) is 5.10 Å². The van der Waals surface area contributed by atoms with E-state index >= 15 is 0 Å². The number of aryl methyl sites for hydroxylation is 1. The van der Waals surface area contributed by atoms with Gasteiger partial charge in [-0.25, -0.2) is 4.68 Å². The van der Waals surface area contributed by atoms with E-state index in [2.05, 4.69) is 19.9 Å². The van der Waals surface area contributed by atoms with Crippen LogP contribution < -0.4 is 14.8 Å². The number of para-hydroxylation sites is 1. The number of hydrogen-bond acceptors (Lipinski definition) is 4. The fourth-order valence-electron chi connectivity index (χ4n) is 2.64. The smallest absolute Gasteiger partial charge is 0.395 e. The van der Waals surface area contributed by atoms with Gasteiger partial charge in [-0.1, -0.05) is 18.2 Å². The number of nitrogens with one attached hydrogen (secondary N) is 1. The fraction of sp³-hybridized carbons (Fsp3) is 0.111. The molecule has 0 bridgehead atoms. The van der Waals surface area contributed by atoms with Crippen molar-refractivity contribution in [2.24, 2.45) is 0 Å². The Morgan fingerprint density at radius 2 is 1.81 bits per heavy atom. The summed E-state index contributed by atoms with van der Waals surface area (Å²) >= 11 is 0. The third-order valence-electron chi connectivity index (χ3n) is 3.78. The number of rotatable bonds is 3. The SMILES string of the molecule is Cc1cc(C(=O)Nc2ccc3c(c2)OC(F)(F)O3)nn1-c1ccccc1. The number of aromatic nitrogens is 2. The van der Waals surface area contributed by atoms with Crippen LogP contribution in [0.25, 0.3) is 5.69 Å². The Balaban J connectivity index is 1.55. The molecular weight excluding hydrogens is 344 g/mol. The highest BCUT2D eigenvalue weighted by atomic mass is 19.3. The van der Waals surface area contributed by atoms with Crippen molar-refractivity contribution < 1.29 is 23.0 Å². The zero-order chi connectivity index (χ0) is 18.3. The van der Waals surface area contributed by atoms with Gasteiger partial charge < -0.3 is 14.8 Å². The third-order valence-corrected chi connectivity index (χ3v) is 3.78. The van der Waals surface area contributed by atoms with E-state index in [0.29, 0.717) is 5.69 Å². The Morgan fingerprint density at radius 3 is 2.58 bits per heavy atom. The third kappa shape index (κ3) is 2.97. The Labute approximate surface area is 147 Å². The molecule has 1 aliphatic rings. The van der Waals surface area contributed by atoms with E-state index in [4.69, 9.17) is 0 Å². The molecule has 4 rings (SSSR count). The van der Waals surface area contributed by atoms with Crippen molar-refractivity contribution in [3.8, 4) is 17.2 Å². The standard InChI is InChI=1S/C18H13F2N3O3/c1-11-9-14(22-23(11)13-5-3-2-4-6-13)17(24)21-12-7-8-15-16(10-12)26-18(19,20)25-15/h2-10H,1H3,(H,21,24). The summed E-state index contributed by atoms with van der Waals surface area (Å²) in [5, 5.41) is 6.91. The van der Waals surface area contributed by atoms with Crippen molar-refractivity contribution >= 4 is 11.6 Å².